The van der Waals surface area contributed by atoms with Crippen LogP contribution in [0.15, 0.2) is 55.0 Å². The molecule has 1 unspecified atom stereocenters. The zero-order chi connectivity index (χ0) is 25.6. The molecule has 2 aromatic carbocycles. The van der Waals surface area contributed by atoms with Gasteiger partial charge in [-0.1, -0.05) is 0 Å². The van der Waals surface area contributed by atoms with Crippen molar-refractivity contribution in [3.8, 4) is 22.8 Å². The first-order valence-electron chi connectivity index (χ1n) is 12.4. The minimum absolute atomic E-state index is 0.0101. The third-order valence-electron chi connectivity index (χ3n) is 6.44. The first kappa shape index (κ1) is 24.9. The van der Waals surface area contributed by atoms with Gasteiger partial charge in [0.25, 0.3) is 0 Å². The van der Waals surface area contributed by atoms with Gasteiger partial charge in [0.05, 0.1) is 49.9 Å². The lowest BCUT2D eigenvalue weighted by atomic mass is 10.1. The third-order valence-corrected chi connectivity index (χ3v) is 6.44. The Labute approximate surface area is 214 Å². The van der Waals surface area contributed by atoms with Crippen molar-refractivity contribution in [1.82, 2.24) is 19.7 Å². The van der Waals surface area contributed by atoms with E-state index in [1.807, 2.05) is 47.3 Å². The normalized spacial score (nSPS) is 15.6. The fourth-order valence-corrected chi connectivity index (χ4v) is 4.50. The van der Waals surface area contributed by atoms with Gasteiger partial charge in [-0.2, -0.15) is 10.0 Å². The number of hydrogen-bond donors (Lipinski definition) is 0. The highest BCUT2D eigenvalue weighted by molar-refractivity contribution is 5.82. The fraction of sp³-hybridized carbons (Fsp3) is 0.370. The second kappa shape index (κ2) is 11.5. The molecule has 1 atom stereocenters. The van der Waals surface area contributed by atoms with E-state index in [4.69, 9.17) is 19.2 Å². The second-order valence-corrected chi connectivity index (χ2v) is 8.85. The van der Waals surface area contributed by atoms with Crippen molar-refractivity contribution >= 4 is 22.4 Å². The average Bonchev–Trinajstić information content (AvgIpc) is 3.45. The number of benzene rings is 2. The van der Waals surface area contributed by atoms with E-state index < -0.39 is 0 Å². The standard InChI is InChI=1S/C27H30FN5O4/c1-34-22-12-21(13-23(15-22)35-2)32(9-5-11-37-28)20-7-8-24-25(14-20)31-26(17-29-24)19-16-30-33(18-19)27-6-3-4-10-36-27/h7-8,12-18,27H,3-6,9-11H2,1-2H3. The van der Waals surface area contributed by atoms with Gasteiger partial charge in [0, 0.05) is 54.5 Å². The molecule has 1 aliphatic rings. The summed E-state index contributed by atoms with van der Waals surface area (Å²) in [6.07, 6.45) is 9.12. The van der Waals surface area contributed by atoms with Gasteiger partial charge in [0.1, 0.15) is 17.7 Å². The highest BCUT2D eigenvalue weighted by atomic mass is 19.3. The van der Waals surface area contributed by atoms with Gasteiger partial charge in [-0.3, -0.25) is 4.98 Å². The van der Waals surface area contributed by atoms with Crippen molar-refractivity contribution in [3.05, 3.63) is 55.0 Å². The Kier molecular flexibility index (Phi) is 7.76. The smallest absolute Gasteiger partial charge is 0.150 e. The number of aromatic nitrogens is 4. The van der Waals surface area contributed by atoms with Gasteiger partial charge in [-0.05, 0) is 48.4 Å². The van der Waals surface area contributed by atoms with Crippen molar-refractivity contribution in [2.45, 2.75) is 31.9 Å². The molecule has 0 saturated carbocycles. The molecular formula is C27H30FN5O4. The summed E-state index contributed by atoms with van der Waals surface area (Å²) in [6.45, 7) is 1.25. The number of methoxy groups -OCH3 is 2. The maximum Gasteiger partial charge on any atom is 0.150 e. The Bertz CT molecular complexity index is 1320. The monoisotopic (exact) mass is 507 g/mol. The van der Waals surface area contributed by atoms with E-state index in [1.54, 1.807) is 26.6 Å². The molecule has 3 heterocycles. The molecule has 0 radical (unpaired) electrons. The van der Waals surface area contributed by atoms with Crippen LogP contribution in [0, 0.1) is 0 Å². The number of hydrogen-bond acceptors (Lipinski definition) is 8. The summed E-state index contributed by atoms with van der Waals surface area (Å²) < 4.78 is 31.1. The van der Waals surface area contributed by atoms with Crippen molar-refractivity contribution < 1.29 is 23.7 Å². The van der Waals surface area contributed by atoms with Crippen LogP contribution in [0.5, 0.6) is 11.5 Å². The molecular weight excluding hydrogens is 477 g/mol. The predicted octanol–water partition coefficient (Wildman–Crippen LogP) is 5.64. The van der Waals surface area contributed by atoms with Crippen molar-refractivity contribution in [2.75, 3.05) is 38.9 Å². The first-order chi connectivity index (χ1) is 18.2. The minimum atomic E-state index is -0.0377. The van der Waals surface area contributed by atoms with Crippen LogP contribution < -0.4 is 14.4 Å². The first-order valence-corrected chi connectivity index (χ1v) is 12.4. The maximum absolute atomic E-state index is 12.4. The van der Waals surface area contributed by atoms with Crippen LogP contribution in [-0.4, -0.2) is 53.7 Å². The number of fused-ring (bicyclic) bond motifs is 1. The number of ether oxygens (including phenoxy) is 3. The lowest BCUT2D eigenvalue weighted by Gasteiger charge is -2.26. The summed E-state index contributed by atoms with van der Waals surface area (Å²) in [4.78, 5) is 15.4. The molecule has 1 fully saturated rings. The van der Waals surface area contributed by atoms with Crippen LogP contribution in [0.3, 0.4) is 0 Å². The molecule has 0 amide bonds. The van der Waals surface area contributed by atoms with E-state index in [0.717, 1.165) is 59.5 Å². The number of halogens is 1. The average molecular weight is 508 g/mol. The summed E-state index contributed by atoms with van der Waals surface area (Å²) in [5, 5.41) is 4.51. The van der Waals surface area contributed by atoms with E-state index in [0.29, 0.717) is 24.5 Å². The second-order valence-electron chi connectivity index (χ2n) is 8.85. The number of anilines is 2. The zero-order valence-corrected chi connectivity index (χ0v) is 21.0. The Morgan fingerprint density at radius 2 is 1.86 bits per heavy atom. The molecule has 0 bridgehead atoms. The molecule has 4 aromatic rings. The molecule has 194 valence electrons. The zero-order valence-electron chi connectivity index (χ0n) is 21.0. The maximum atomic E-state index is 12.4. The lowest BCUT2D eigenvalue weighted by Crippen LogP contribution is -2.19. The minimum Gasteiger partial charge on any atom is -0.497 e. The van der Waals surface area contributed by atoms with E-state index in [2.05, 4.69) is 19.9 Å². The van der Waals surface area contributed by atoms with Crippen LogP contribution in [0.1, 0.15) is 31.9 Å². The fourth-order valence-electron chi connectivity index (χ4n) is 4.50. The molecule has 10 heteroatoms. The highest BCUT2D eigenvalue weighted by Crippen LogP contribution is 2.34. The number of nitrogens with zero attached hydrogens (tertiary/aromatic N) is 5. The molecule has 0 aliphatic carbocycles. The summed E-state index contributed by atoms with van der Waals surface area (Å²) >= 11 is 0. The quantitative estimate of drug-likeness (QED) is 0.255. The van der Waals surface area contributed by atoms with E-state index >= 15 is 0 Å². The van der Waals surface area contributed by atoms with E-state index in [-0.39, 0.29) is 12.8 Å². The molecule has 37 heavy (non-hydrogen) atoms. The summed E-state index contributed by atoms with van der Waals surface area (Å²) in [5.41, 5.74) is 4.83. The van der Waals surface area contributed by atoms with Gasteiger partial charge in [0.15, 0.2) is 0 Å². The van der Waals surface area contributed by atoms with Gasteiger partial charge in [-0.15, -0.1) is 0 Å². The topological polar surface area (TPSA) is 83.8 Å². The Hall–Kier alpha value is -3.76. The van der Waals surface area contributed by atoms with Crippen LogP contribution in [0.4, 0.5) is 15.9 Å². The predicted molar refractivity (Wildman–Crippen MR) is 138 cm³/mol. The van der Waals surface area contributed by atoms with Gasteiger partial charge in [-0.25, -0.2) is 9.67 Å². The largest absolute Gasteiger partial charge is 0.497 e. The van der Waals surface area contributed by atoms with Crippen LogP contribution in [-0.2, 0) is 9.68 Å². The van der Waals surface area contributed by atoms with Crippen molar-refractivity contribution in [1.29, 1.82) is 0 Å². The SMILES string of the molecule is COc1cc(OC)cc(N(CCCOF)c2ccc3ncc(-c4cnn(C5CCCCO5)c4)nc3c2)c1. The molecule has 1 aliphatic heterocycles. The van der Waals surface area contributed by atoms with Gasteiger partial charge in [0.2, 0.25) is 0 Å². The van der Waals surface area contributed by atoms with Crippen molar-refractivity contribution in [2.24, 2.45) is 0 Å². The molecule has 5 rings (SSSR count). The van der Waals surface area contributed by atoms with Gasteiger partial charge >= 0.3 is 0 Å². The molecule has 0 spiro atoms. The Morgan fingerprint density at radius 3 is 2.59 bits per heavy atom. The molecule has 0 N–H and O–H groups in total. The summed E-state index contributed by atoms with van der Waals surface area (Å²) in [6, 6.07) is 11.5. The Morgan fingerprint density at radius 1 is 1.03 bits per heavy atom. The third kappa shape index (κ3) is 5.65. The summed E-state index contributed by atoms with van der Waals surface area (Å²) in [5.74, 6) is 1.31. The van der Waals surface area contributed by atoms with Crippen LogP contribution >= 0.6 is 0 Å². The Balaban J connectivity index is 1.48. The molecule has 1 saturated heterocycles. The summed E-state index contributed by atoms with van der Waals surface area (Å²) in [7, 11) is 3.21. The lowest BCUT2D eigenvalue weighted by molar-refractivity contribution is -0.132. The van der Waals surface area contributed by atoms with Gasteiger partial charge < -0.3 is 19.1 Å². The van der Waals surface area contributed by atoms with Crippen molar-refractivity contribution in [3.63, 3.8) is 0 Å². The molecule has 9 nitrogen and oxygen atoms in total. The van der Waals surface area contributed by atoms with Crippen LogP contribution in [0.25, 0.3) is 22.3 Å². The highest BCUT2D eigenvalue weighted by Gasteiger charge is 2.18. The number of rotatable bonds is 10. The van der Waals surface area contributed by atoms with Crippen LogP contribution in [0.2, 0.25) is 0 Å². The molecule has 2 aromatic heterocycles. The van der Waals surface area contributed by atoms with E-state index in [1.165, 1.54) is 0 Å². The van der Waals surface area contributed by atoms with E-state index in [9.17, 15) is 4.53 Å².